The molecule has 0 saturated heterocycles. The predicted molar refractivity (Wildman–Crippen MR) is 96.3 cm³/mol. The molecule has 0 aliphatic heterocycles. The van der Waals surface area contributed by atoms with Gasteiger partial charge in [0.05, 0.1) is 6.04 Å². The fourth-order valence-corrected chi connectivity index (χ4v) is 4.40. The molecule has 2 aromatic rings. The highest BCUT2D eigenvalue weighted by atomic mass is 127. The van der Waals surface area contributed by atoms with Crippen LogP contribution in [-0.2, 0) is 0 Å². The Morgan fingerprint density at radius 1 is 1.42 bits per heavy atom. The van der Waals surface area contributed by atoms with Crippen LogP contribution in [0.4, 0.5) is 0 Å². The molecule has 1 heterocycles. The van der Waals surface area contributed by atoms with Crippen molar-refractivity contribution in [3.63, 3.8) is 0 Å². The Bertz CT molecular complexity index is 558. The SMILES string of the molecule is CCCNC(c1cc(Cl)ccc1I)c1sccc1Br. The van der Waals surface area contributed by atoms with Crippen LogP contribution < -0.4 is 5.32 Å². The molecule has 1 atom stereocenters. The largest absolute Gasteiger partial charge is 0.306 e. The number of hydrogen-bond acceptors (Lipinski definition) is 2. The van der Waals surface area contributed by atoms with Crippen molar-refractivity contribution >= 4 is 61.5 Å². The molecule has 1 unspecified atom stereocenters. The van der Waals surface area contributed by atoms with E-state index in [0.717, 1.165) is 22.5 Å². The van der Waals surface area contributed by atoms with Gasteiger partial charge < -0.3 is 5.32 Å². The Balaban J connectivity index is 2.42. The van der Waals surface area contributed by atoms with Crippen molar-refractivity contribution in [1.82, 2.24) is 5.32 Å². The fourth-order valence-electron chi connectivity index (χ4n) is 1.88. The lowest BCUT2D eigenvalue weighted by Gasteiger charge is -2.20. The van der Waals surface area contributed by atoms with E-state index in [-0.39, 0.29) is 6.04 Å². The van der Waals surface area contributed by atoms with E-state index in [2.05, 4.69) is 74.3 Å². The highest BCUT2D eigenvalue weighted by Crippen LogP contribution is 2.35. The summed E-state index contributed by atoms with van der Waals surface area (Å²) in [6.45, 7) is 3.16. The Morgan fingerprint density at radius 3 is 2.84 bits per heavy atom. The molecular weight excluding hydrogens is 456 g/mol. The number of halogens is 3. The third-order valence-corrected chi connectivity index (χ3v) is 5.93. The minimum atomic E-state index is 0.194. The van der Waals surface area contributed by atoms with Crippen LogP contribution >= 0.6 is 61.5 Å². The standard InChI is InChI=1S/C14H14BrClINS/c1-2-6-18-13(14-11(15)5-7-19-14)10-8-9(16)3-4-12(10)17/h3-5,7-8,13,18H,2,6H2,1H3. The van der Waals surface area contributed by atoms with E-state index in [9.17, 15) is 0 Å². The average molecular weight is 471 g/mol. The molecule has 2 rings (SSSR count). The number of nitrogens with one attached hydrogen (secondary N) is 1. The van der Waals surface area contributed by atoms with E-state index >= 15 is 0 Å². The van der Waals surface area contributed by atoms with Crippen LogP contribution in [0.15, 0.2) is 34.1 Å². The first-order chi connectivity index (χ1) is 9.13. The van der Waals surface area contributed by atoms with Crippen molar-refractivity contribution in [3.05, 3.63) is 53.2 Å². The fraction of sp³-hybridized carbons (Fsp3) is 0.286. The van der Waals surface area contributed by atoms with Gasteiger partial charge in [0.15, 0.2) is 0 Å². The van der Waals surface area contributed by atoms with Crippen LogP contribution in [0.1, 0.15) is 29.8 Å². The number of benzene rings is 1. The summed E-state index contributed by atoms with van der Waals surface area (Å²) in [5, 5.41) is 6.51. The summed E-state index contributed by atoms with van der Waals surface area (Å²) in [5.74, 6) is 0. The van der Waals surface area contributed by atoms with Crippen LogP contribution in [0.2, 0.25) is 5.02 Å². The van der Waals surface area contributed by atoms with Gasteiger partial charge in [-0.25, -0.2) is 0 Å². The van der Waals surface area contributed by atoms with Crippen molar-refractivity contribution in [2.45, 2.75) is 19.4 Å². The zero-order valence-corrected chi connectivity index (χ0v) is 15.7. The molecule has 1 nitrogen and oxygen atoms in total. The molecular formula is C14H14BrClINS. The van der Waals surface area contributed by atoms with E-state index in [1.54, 1.807) is 11.3 Å². The molecule has 0 spiro atoms. The smallest absolute Gasteiger partial charge is 0.0693 e. The summed E-state index contributed by atoms with van der Waals surface area (Å²) in [5.41, 5.74) is 1.24. The predicted octanol–water partition coefficient (Wildman–Crippen LogP) is 5.86. The summed E-state index contributed by atoms with van der Waals surface area (Å²) in [6, 6.07) is 8.36. The summed E-state index contributed by atoms with van der Waals surface area (Å²) in [6.07, 6.45) is 1.11. The average Bonchev–Trinajstić information content (AvgIpc) is 2.80. The van der Waals surface area contributed by atoms with E-state index in [1.165, 1.54) is 14.0 Å². The Kier molecular flexibility index (Phi) is 6.14. The molecule has 0 amide bonds. The van der Waals surface area contributed by atoms with Gasteiger partial charge in [-0.05, 0) is 86.7 Å². The minimum absolute atomic E-state index is 0.194. The highest BCUT2D eigenvalue weighted by molar-refractivity contribution is 14.1. The minimum Gasteiger partial charge on any atom is -0.306 e. The lowest BCUT2D eigenvalue weighted by Crippen LogP contribution is -2.23. The molecule has 1 aromatic heterocycles. The van der Waals surface area contributed by atoms with Gasteiger partial charge >= 0.3 is 0 Å². The Hall–Kier alpha value is 0.380. The second-order valence-corrected chi connectivity index (χ2v) is 7.59. The zero-order valence-electron chi connectivity index (χ0n) is 10.4. The molecule has 102 valence electrons. The van der Waals surface area contributed by atoms with Crippen molar-refractivity contribution in [2.75, 3.05) is 6.54 Å². The van der Waals surface area contributed by atoms with Crippen molar-refractivity contribution in [1.29, 1.82) is 0 Å². The molecule has 0 aliphatic carbocycles. The lowest BCUT2D eigenvalue weighted by molar-refractivity contribution is 0.602. The number of rotatable bonds is 5. The van der Waals surface area contributed by atoms with Crippen LogP contribution in [0, 0.1) is 3.57 Å². The van der Waals surface area contributed by atoms with Gasteiger partial charge in [0, 0.05) is 17.9 Å². The third-order valence-electron chi connectivity index (χ3n) is 2.77. The van der Waals surface area contributed by atoms with Crippen LogP contribution in [0.3, 0.4) is 0 Å². The quantitative estimate of drug-likeness (QED) is 0.540. The van der Waals surface area contributed by atoms with Gasteiger partial charge in [0.1, 0.15) is 0 Å². The molecule has 0 saturated carbocycles. The van der Waals surface area contributed by atoms with Crippen molar-refractivity contribution < 1.29 is 0 Å². The summed E-state index contributed by atoms with van der Waals surface area (Å²) >= 11 is 13.9. The maximum atomic E-state index is 6.16. The number of thiophene rings is 1. The first-order valence-electron chi connectivity index (χ1n) is 6.04. The monoisotopic (exact) mass is 469 g/mol. The van der Waals surface area contributed by atoms with E-state index in [4.69, 9.17) is 11.6 Å². The van der Waals surface area contributed by atoms with Crippen LogP contribution in [-0.4, -0.2) is 6.54 Å². The maximum Gasteiger partial charge on any atom is 0.0693 e. The molecule has 0 aliphatic rings. The second-order valence-electron chi connectivity index (χ2n) is 4.19. The van der Waals surface area contributed by atoms with E-state index in [1.807, 2.05) is 6.07 Å². The Morgan fingerprint density at radius 2 is 2.21 bits per heavy atom. The van der Waals surface area contributed by atoms with Crippen molar-refractivity contribution in [3.8, 4) is 0 Å². The maximum absolute atomic E-state index is 6.16. The first-order valence-corrected chi connectivity index (χ1v) is 9.17. The van der Waals surface area contributed by atoms with Gasteiger partial charge in [0.2, 0.25) is 0 Å². The second kappa shape index (κ2) is 7.41. The Labute approximate surface area is 145 Å². The van der Waals surface area contributed by atoms with E-state index in [0.29, 0.717) is 0 Å². The van der Waals surface area contributed by atoms with Gasteiger partial charge in [-0.3, -0.25) is 0 Å². The van der Waals surface area contributed by atoms with Crippen LogP contribution in [0.25, 0.3) is 0 Å². The van der Waals surface area contributed by atoms with Gasteiger partial charge in [0.25, 0.3) is 0 Å². The highest BCUT2D eigenvalue weighted by Gasteiger charge is 2.20. The van der Waals surface area contributed by atoms with Gasteiger partial charge in [-0.15, -0.1) is 11.3 Å². The lowest BCUT2D eigenvalue weighted by atomic mass is 10.1. The van der Waals surface area contributed by atoms with Gasteiger partial charge in [-0.1, -0.05) is 18.5 Å². The molecule has 1 aromatic carbocycles. The molecule has 1 N–H and O–H groups in total. The van der Waals surface area contributed by atoms with Gasteiger partial charge in [-0.2, -0.15) is 0 Å². The zero-order chi connectivity index (χ0) is 13.8. The molecule has 0 fully saturated rings. The molecule has 0 radical (unpaired) electrons. The topological polar surface area (TPSA) is 12.0 Å². The number of hydrogen-bond donors (Lipinski definition) is 1. The summed E-state index contributed by atoms with van der Waals surface area (Å²) in [7, 11) is 0. The van der Waals surface area contributed by atoms with E-state index < -0.39 is 0 Å². The summed E-state index contributed by atoms with van der Waals surface area (Å²) in [4.78, 5) is 1.30. The van der Waals surface area contributed by atoms with Crippen molar-refractivity contribution in [2.24, 2.45) is 0 Å². The molecule has 5 heteroatoms. The first kappa shape index (κ1) is 15.8. The molecule has 0 bridgehead atoms. The third kappa shape index (κ3) is 3.94. The summed E-state index contributed by atoms with van der Waals surface area (Å²) < 4.78 is 2.39. The van der Waals surface area contributed by atoms with Crippen LogP contribution in [0.5, 0.6) is 0 Å². The molecule has 19 heavy (non-hydrogen) atoms. The normalized spacial score (nSPS) is 12.6.